The van der Waals surface area contributed by atoms with Crippen molar-refractivity contribution in [3.8, 4) is 0 Å². The predicted molar refractivity (Wildman–Crippen MR) is 135 cm³/mol. The highest BCUT2D eigenvalue weighted by Gasteiger charge is 2.28. The summed E-state index contributed by atoms with van der Waals surface area (Å²) in [7, 11) is 0. The summed E-state index contributed by atoms with van der Waals surface area (Å²) in [5.74, 6) is -1.10. The molecule has 0 bridgehead atoms. The Bertz CT molecular complexity index is 1470. The predicted octanol–water partition coefficient (Wildman–Crippen LogP) is 6.41. The fourth-order valence-corrected chi connectivity index (χ4v) is 4.46. The van der Waals surface area contributed by atoms with E-state index < -0.39 is 0 Å². The zero-order valence-corrected chi connectivity index (χ0v) is 19.2. The molecule has 1 heterocycles. The first-order chi connectivity index (χ1) is 16.4. The van der Waals surface area contributed by atoms with Gasteiger partial charge >= 0.3 is 0 Å². The second-order valence-electron chi connectivity index (χ2n) is 7.76. The molecule has 0 spiro atoms. The van der Waals surface area contributed by atoms with Crippen molar-refractivity contribution < 1.29 is 14.4 Å². The van der Waals surface area contributed by atoms with Gasteiger partial charge in [-0.15, -0.1) is 0 Å². The van der Waals surface area contributed by atoms with E-state index in [0.29, 0.717) is 33.3 Å². The topological polar surface area (TPSA) is 78.5 Å². The molecule has 1 aliphatic heterocycles. The molecule has 0 aromatic heterocycles. The minimum Gasteiger partial charge on any atom is -0.323 e. The molecule has 6 nitrogen and oxygen atoms in total. The van der Waals surface area contributed by atoms with Crippen LogP contribution in [0, 0.1) is 0 Å². The second kappa shape index (κ2) is 8.82. The van der Waals surface area contributed by atoms with Crippen molar-refractivity contribution in [2.45, 2.75) is 6.42 Å². The van der Waals surface area contributed by atoms with Gasteiger partial charge in [0.2, 0.25) is 11.8 Å². The van der Waals surface area contributed by atoms with Gasteiger partial charge in [0.1, 0.15) is 6.42 Å². The summed E-state index contributed by atoms with van der Waals surface area (Å²) in [6.45, 7) is 0. The van der Waals surface area contributed by atoms with Crippen molar-refractivity contribution in [1.29, 1.82) is 0 Å². The van der Waals surface area contributed by atoms with Gasteiger partial charge in [0.05, 0.1) is 22.0 Å². The van der Waals surface area contributed by atoms with Crippen LogP contribution in [0.2, 0.25) is 10.0 Å². The number of nitrogens with one attached hydrogen (secondary N) is 2. The van der Waals surface area contributed by atoms with Crippen LogP contribution in [0.4, 0.5) is 22.7 Å². The van der Waals surface area contributed by atoms with Gasteiger partial charge in [-0.2, -0.15) is 0 Å². The van der Waals surface area contributed by atoms with Gasteiger partial charge in [-0.25, -0.2) is 0 Å². The average molecular weight is 490 g/mol. The number of hydrogen-bond acceptors (Lipinski definition) is 3. The number of amides is 3. The first-order valence-electron chi connectivity index (χ1n) is 10.4. The molecule has 0 fully saturated rings. The largest absolute Gasteiger partial charge is 0.323 e. The molecule has 2 N–H and O–H groups in total. The van der Waals surface area contributed by atoms with E-state index in [9.17, 15) is 14.4 Å². The van der Waals surface area contributed by atoms with Crippen molar-refractivity contribution in [2.24, 2.45) is 0 Å². The highest BCUT2D eigenvalue weighted by Crippen LogP contribution is 2.40. The molecule has 4 aromatic carbocycles. The summed E-state index contributed by atoms with van der Waals surface area (Å²) in [6.07, 6.45) is -0.281. The summed E-state index contributed by atoms with van der Waals surface area (Å²) in [4.78, 5) is 39.5. The molecule has 0 aliphatic carbocycles. The van der Waals surface area contributed by atoms with Crippen molar-refractivity contribution >= 4 is 74.4 Å². The fourth-order valence-electron chi connectivity index (χ4n) is 3.96. The van der Waals surface area contributed by atoms with Crippen LogP contribution >= 0.6 is 23.2 Å². The summed E-state index contributed by atoms with van der Waals surface area (Å²) < 4.78 is 0. The van der Waals surface area contributed by atoms with Gasteiger partial charge in [0.15, 0.2) is 0 Å². The number of hydrogen-bond donors (Lipinski definition) is 2. The van der Waals surface area contributed by atoms with Crippen LogP contribution < -0.4 is 15.5 Å². The Morgan fingerprint density at radius 3 is 2.44 bits per heavy atom. The quantitative estimate of drug-likeness (QED) is 0.326. The highest BCUT2D eigenvalue weighted by atomic mass is 35.5. The molecule has 1 aliphatic rings. The summed E-state index contributed by atoms with van der Waals surface area (Å²) in [5.41, 5.74) is 2.56. The van der Waals surface area contributed by atoms with Crippen molar-refractivity contribution in [3.05, 3.63) is 94.5 Å². The number of benzene rings is 4. The van der Waals surface area contributed by atoms with Gasteiger partial charge in [-0.05, 0) is 53.9 Å². The number of carbonyl (C=O) groups is 3. The Morgan fingerprint density at radius 2 is 1.68 bits per heavy atom. The number of carbonyl (C=O) groups excluding carboxylic acids is 3. The number of halogens is 2. The lowest BCUT2D eigenvalue weighted by Crippen LogP contribution is -2.26. The first kappa shape index (κ1) is 21.9. The molecule has 34 heavy (non-hydrogen) atoms. The zero-order chi connectivity index (χ0) is 23.8. The molecule has 0 unspecified atom stereocenters. The van der Waals surface area contributed by atoms with Crippen LogP contribution in [-0.2, 0) is 9.59 Å². The average Bonchev–Trinajstić information content (AvgIpc) is 2.94. The molecule has 0 saturated heterocycles. The van der Waals surface area contributed by atoms with Crippen LogP contribution in [-0.4, -0.2) is 17.7 Å². The van der Waals surface area contributed by atoms with E-state index in [-0.39, 0.29) is 29.2 Å². The zero-order valence-electron chi connectivity index (χ0n) is 17.6. The second-order valence-corrected chi connectivity index (χ2v) is 8.60. The van der Waals surface area contributed by atoms with E-state index in [4.69, 9.17) is 23.2 Å². The highest BCUT2D eigenvalue weighted by molar-refractivity contribution is 6.37. The third-order valence-electron chi connectivity index (χ3n) is 5.53. The third-order valence-corrected chi connectivity index (χ3v) is 6.08. The maximum atomic E-state index is 13.0. The van der Waals surface area contributed by atoms with Gasteiger partial charge < -0.3 is 10.6 Å². The molecule has 8 heteroatoms. The normalized spacial score (nSPS) is 13.3. The maximum absolute atomic E-state index is 13.0. The van der Waals surface area contributed by atoms with E-state index >= 15 is 0 Å². The van der Waals surface area contributed by atoms with Gasteiger partial charge in [0.25, 0.3) is 5.91 Å². The van der Waals surface area contributed by atoms with Gasteiger partial charge in [-0.3, -0.25) is 19.3 Å². The Morgan fingerprint density at radius 1 is 0.912 bits per heavy atom. The van der Waals surface area contributed by atoms with Crippen LogP contribution in [0.25, 0.3) is 10.8 Å². The van der Waals surface area contributed by atoms with Crippen LogP contribution in [0.1, 0.15) is 16.8 Å². The lowest BCUT2D eigenvalue weighted by molar-refractivity contribution is -0.124. The maximum Gasteiger partial charge on any atom is 0.257 e. The van der Waals surface area contributed by atoms with E-state index in [1.807, 2.05) is 36.4 Å². The lowest BCUT2D eigenvalue weighted by atomic mass is 10.1. The smallest absolute Gasteiger partial charge is 0.257 e. The van der Waals surface area contributed by atoms with Crippen molar-refractivity contribution in [3.63, 3.8) is 0 Å². The molecule has 5 rings (SSSR count). The summed E-state index contributed by atoms with van der Waals surface area (Å²) in [5, 5.41) is 8.15. The van der Waals surface area contributed by atoms with Gasteiger partial charge in [0, 0.05) is 21.8 Å². The van der Waals surface area contributed by atoms with E-state index in [2.05, 4.69) is 10.6 Å². The molecular formula is C26H17Cl2N3O3. The standard InChI is InChI=1S/C26H17Cl2N3O3/c27-16-6-11-20(21(28)13-16)26(34)29-17-7-9-18(10-8-17)31-22-12-5-15-3-1-2-4-19(15)25(22)30-23(32)14-24(31)33/h1-13H,14H2,(H,29,34)(H,30,32). The van der Waals surface area contributed by atoms with Crippen LogP contribution in [0.5, 0.6) is 0 Å². The molecule has 3 amide bonds. The Balaban J connectivity index is 1.48. The monoisotopic (exact) mass is 489 g/mol. The first-order valence-corrected chi connectivity index (χ1v) is 11.2. The van der Waals surface area contributed by atoms with Crippen LogP contribution in [0.15, 0.2) is 78.9 Å². The molecule has 0 saturated carbocycles. The fraction of sp³-hybridized carbons (Fsp3) is 0.0385. The number of fused-ring (bicyclic) bond motifs is 3. The Kier molecular flexibility index (Phi) is 5.69. The van der Waals surface area contributed by atoms with E-state index in [0.717, 1.165) is 10.8 Å². The summed E-state index contributed by atoms with van der Waals surface area (Å²) >= 11 is 12.0. The molecule has 0 radical (unpaired) electrons. The Hall–Kier alpha value is -3.87. The molecule has 4 aromatic rings. The van der Waals surface area contributed by atoms with Crippen LogP contribution in [0.3, 0.4) is 0 Å². The minimum absolute atomic E-state index is 0.248. The molecule has 168 valence electrons. The summed E-state index contributed by atoms with van der Waals surface area (Å²) in [6, 6.07) is 22.8. The van der Waals surface area contributed by atoms with E-state index in [1.54, 1.807) is 36.4 Å². The van der Waals surface area contributed by atoms with Gasteiger partial charge in [-0.1, -0.05) is 53.5 Å². The molecule has 0 atom stereocenters. The number of rotatable bonds is 3. The number of nitrogens with zero attached hydrogens (tertiary/aromatic N) is 1. The van der Waals surface area contributed by atoms with Crippen molar-refractivity contribution in [1.82, 2.24) is 0 Å². The van der Waals surface area contributed by atoms with E-state index in [1.165, 1.54) is 11.0 Å². The third kappa shape index (κ3) is 4.09. The Labute approximate surface area is 205 Å². The SMILES string of the molecule is O=C1CC(=O)N(c2ccc(NC(=O)c3ccc(Cl)cc3Cl)cc2)c2ccc3ccccc3c2N1. The number of anilines is 4. The minimum atomic E-state index is -0.383. The lowest BCUT2D eigenvalue weighted by Gasteiger charge is -2.23. The molecular weight excluding hydrogens is 473 g/mol. The van der Waals surface area contributed by atoms with Crippen molar-refractivity contribution in [2.75, 3.05) is 15.5 Å².